The van der Waals surface area contributed by atoms with Gasteiger partial charge in [0.1, 0.15) is 5.15 Å². The summed E-state index contributed by atoms with van der Waals surface area (Å²) in [5.41, 5.74) is -0.291. The SMILES string of the molecule is O=c1ccn(Cc2cnc(Cl)cc2Cl)c(=O)[nH]1. The third-order valence-corrected chi connectivity index (χ3v) is 2.69. The zero-order valence-electron chi connectivity index (χ0n) is 8.48. The predicted octanol–water partition coefficient (Wildman–Crippen LogP) is 1.29. The molecule has 0 fully saturated rings. The molecule has 2 aromatic heterocycles. The average molecular weight is 272 g/mol. The molecule has 0 amide bonds. The van der Waals surface area contributed by atoms with E-state index in [1.165, 1.54) is 29.1 Å². The Morgan fingerprint density at radius 2 is 2.12 bits per heavy atom. The number of aromatic amines is 1. The topological polar surface area (TPSA) is 67.8 Å². The third kappa shape index (κ3) is 2.75. The smallest absolute Gasteiger partial charge is 0.296 e. The van der Waals surface area contributed by atoms with E-state index in [0.717, 1.165) is 0 Å². The monoisotopic (exact) mass is 271 g/mol. The van der Waals surface area contributed by atoms with Crippen molar-refractivity contribution in [1.29, 1.82) is 0 Å². The molecule has 0 radical (unpaired) electrons. The van der Waals surface area contributed by atoms with Crippen LogP contribution >= 0.6 is 23.2 Å². The van der Waals surface area contributed by atoms with E-state index in [1.807, 2.05) is 0 Å². The molecule has 2 aromatic rings. The van der Waals surface area contributed by atoms with Crippen LogP contribution in [0.3, 0.4) is 0 Å². The molecule has 0 saturated carbocycles. The van der Waals surface area contributed by atoms with Crippen molar-refractivity contribution in [3.8, 4) is 0 Å². The third-order valence-electron chi connectivity index (χ3n) is 2.13. The second-order valence-electron chi connectivity index (χ2n) is 3.34. The van der Waals surface area contributed by atoms with E-state index in [1.54, 1.807) is 0 Å². The van der Waals surface area contributed by atoms with Gasteiger partial charge in [-0.05, 0) is 6.07 Å². The van der Waals surface area contributed by atoms with Gasteiger partial charge in [0.05, 0.1) is 11.6 Å². The summed E-state index contributed by atoms with van der Waals surface area (Å²) in [7, 11) is 0. The highest BCUT2D eigenvalue weighted by Crippen LogP contribution is 2.18. The van der Waals surface area contributed by atoms with Gasteiger partial charge in [-0.3, -0.25) is 14.3 Å². The van der Waals surface area contributed by atoms with Gasteiger partial charge in [-0.15, -0.1) is 0 Å². The first-order valence-electron chi connectivity index (χ1n) is 4.66. The standard InChI is InChI=1S/C10H7Cl2N3O2/c11-7-3-8(12)13-4-6(7)5-15-2-1-9(16)14-10(15)17/h1-4H,5H2,(H,14,16,17). The Labute approximate surface area is 106 Å². The summed E-state index contributed by atoms with van der Waals surface area (Å²) in [6, 6.07) is 2.76. The number of H-pyrrole nitrogens is 1. The molecular formula is C10H7Cl2N3O2. The first-order chi connectivity index (χ1) is 8.06. The number of nitrogens with one attached hydrogen (secondary N) is 1. The van der Waals surface area contributed by atoms with Crippen molar-refractivity contribution in [2.75, 3.05) is 0 Å². The highest BCUT2D eigenvalue weighted by Gasteiger charge is 2.04. The molecule has 2 rings (SSSR count). The van der Waals surface area contributed by atoms with E-state index in [4.69, 9.17) is 23.2 Å². The number of hydrogen-bond donors (Lipinski definition) is 1. The first-order valence-corrected chi connectivity index (χ1v) is 5.41. The van der Waals surface area contributed by atoms with Gasteiger partial charge in [-0.25, -0.2) is 9.78 Å². The van der Waals surface area contributed by atoms with Gasteiger partial charge < -0.3 is 0 Å². The van der Waals surface area contributed by atoms with Gasteiger partial charge in [-0.2, -0.15) is 0 Å². The molecule has 88 valence electrons. The van der Waals surface area contributed by atoms with Crippen molar-refractivity contribution < 1.29 is 0 Å². The molecule has 0 spiro atoms. The van der Waals surface area contributed by atoms with E-state index < -0.39 is 11.2 Å². The zero-order valence-corrected chi connectivity index (χ0v) is 10.00. The fourth-order valence-electron chi connectivity index (χ4n) is 1.30. The maximum Gasteiger partial charge on any atom is 0.328 e. The van der Waals surface area contributed by atoms with Crippen LogP contribution in [0.1, 0.15) is 5.56 Å². The number of aromatic nitrogens is 3. The van der Waals surface area contributed by atoms with Crippen LogP contribution < -0.4 is 11.2 Å². The van der Waals surface area contributed by atoms with Crippen LogP contribution in [0, 0.1) is 0 Å². The Bertz CT molecular complexity index is 663. The summed E-state index contributed by atoms with van der Waals surface area (Å²) in [5.74, 6) is 0. The van der Waals surface area contributed by atoms with E-state index >= 15 is 0 Å². The van der Waals surface area contributed by atoms with E-state index in [0.29, 0.717) is 10.6 Å². The molecule has 7 heteroatoms. The largest absolute Gasteiger partial charge is 0.328 e. The summed E-state index contributed by atoms with van der Waals surface area (Å²) in [6.07, 6.45) is 2.88. The second-order valence-corrected chi connectivity index (χ2v) is 4.13. The van der Waals surface area contributed by atoms with Crippen LogP contribution in [0.5, 0.6) is 0 Å². The lowest BCUT2D eigenvalue weighted by Crippen LogP contribution is -2.28. The lowest BCUT2D eigenvalue weighted by atomic mass is 10.3. The fourth-order valence-corrected chi connectivity index (χ4v) is 1.73. The highest BCUT2D eigenvalue weighted by atomic mass is 35.5. The molecular weight excluding hydrogens is 265 g/mol. The van der Waals surface area contributed by atoms with Crippen molar-refractivity contribution in [2.45, 2.75) is 6.54 Å². The van der Waals surface area contributed by atoms with Crippen molar-refractivity contribution >= 4 is 23.2 Å². The molecule has 0 aliphatic heterocycles. The summed E-state index contributed by atoms with van der Waals surface area (Å²) < 4.78 is 1.32. The average Bonchev–Trinajstić information content (AvgIpc) is 2.25. The number of halogens is 2. The van der Waals surface area contributed by atoms with Crippen molar-refractivity contribution in [1.82, 2.24) is 14.5 Å². The summed E-state index contributed by atoms with van der Waals surface area (Å²) in [6.45, 7) is 0.221. The summed E-state index contributed by atoms with van der Waals surface area (Å²) in [5, 5.41) is 0.704. The van der Waals surface area contributed by atoms with Gasteiger partial charge in [0.2, 0.25) is 0 Å². The molecule has 0 saturated heterocycles. The number of pyridine rings is 1. The van der Waals surface area contributed by atoms with E-state index in [-0.39, 0.29) is 11.7 Å². The van der Waals surface area contributed by atoms with Gasteiger partial charge in [0.15, 0.2) is 0 Å². The molecule has 0 aliphatic rings. The first kappa shape index (κ1) is 11.9. The molecule has 5 nitrogen and oxygen atoms in total. The second kappa shape index (κ2) is 4.73. The zero-order chi connectivity index (χ0) is 12.4. The van der Waals surface area contributed by atoms with Crippen LogP contribution in [-0.2, 0) is 6.54 Å². The van der Waals surface area contributed by atoms with Crippen molar-refractivity contribution in [3.63, 3.8) is 0 Å². The van der Waals surface area contributed by atoms with Gasteiger partial charge in [-0.1, -0.05) is 23.2 Å². The molecule has 17 heavy (non-hydrogen) atoms. The summed E-state index contributed by atoms with van der Waals surface area (Å²) in [4.78, 5) is 28.4. The minimum atomic E-state index is -0.497. The molecule has 2 heterocycles. The highest BCUT2D eigenvalue weighted by molar-refractivity contribution is 6.34. The maximum absolute atomic E-state index is 11.4. The van der Waals surface area contributed by atoms with E-state index in [2.05, 4.69) is 9.97 Å². The lowest BCUT2D eigenvalue weighted by Gasteiger charge is -2.06. The predicted molar refractivity (Wildman–Crippen MR) is 64.7 cm³/mol. The Morgan fingerprint density at radius 1 is 1.35 bits per heavy atom. The molecule has 0 bridgehead atoms. The quantitative estimate of drug-likeness (QED) is 0.837. The Hall–Kier alpha value is -1.59. The Kier molecular flexibility index (Phi) is 3.31. The molecule has 1 N–H and O–H groups in total. The molecule has 0 aliphatic carbocycles. The number of rotatable bonds is 2. The van der Waals surface area contributed by atoms with Gasteiger partial charge >= 0.3 is 5.69 Å². The Balaban J connectivity index is 2.38. The van der Waals surface area contributed by atoms with Crippen molar-refractivity contribution in [2.24, 2.45) is 0 Å². The minimum absolute atomic E-state index is 0.221. The number of nitrogens with zero attached hydrogens (tertiary/aromatic N) is 2. The molecule has 0 atom stereocenters. The van der Waals surface area contributed by atoms with Crippen LogP contribution in [0.25, 0.3) is 0 Å². The van der Waals surface area contributed by atoms with E-state index in [9.17, 15) is 9.59 Å². The number of hydrogen-bond acceptors (Lipinski definition) is 3. The fraction of sp³-hybridized carbons (Fsp3) is 0.100. The summed E-state index contributed by atoms with van der Waals surface area (Å²) >= 11 is 11.6. The minimum Gasteiger partial charge on any atom is -0.296 e. The van der Waals surface area contributed by atoms with Crippen molar-refractivity contribution in [3.05, 3.63) is 61.1 Å². The van der Waals surface area contributed by atoms with Gasteiger partial charge in [0.25, 0.3) is 5.56 Å². The lowest BCUT2D eigenvalue weighted by molar-refractivity contribution is 0.718. The molecule has 0 unspecified atom stereocenters. The normalized spacial score (nSPS) is 10.5. The van der Waals surface area contributed by atoms with Crippen LogP contribution in [-0.4, -0.2) is 14.5 Å². The van der Waals surface area contributed by atoms with Crippen LogP contribution in [0.15, 0.2) is 34.1 Å². The van der Waals surface area contributed by atoms with Gasteiger partial charge in [0, 0.05) is 24.0 Å². The van der Waals surface area contributed by atoms with Crippen LogP contribution in [0.4, 0.5) is 0 Å². The molecule has 0 aromatic carbocycles. The maximum atomic E-state index is 11.4. The Morgan fingerprint density at radius 3 is 2.76 bits per heavy atom. The van der Waals surface area contributed by atoms with Crippen LogP contribution in [0.2, 0.25) is 10.2 Å².